The smallest absolute Gasteiger partial charge is 0.0509 e. The van der Waals surface area contributed by atoms with Gasteiger partial charge in [-0.3, -0.25) is 4.90 Å². The summed E-state index contributed by atoms with van der Waals surface area (Å²) in [6, 6.07) is 18.8. The minimum atomic E-state index is -0.335. The van der Waals surface area contributed by atoms with Crippen LogP contribution in [0, 0.1) is 6.92 Å². The van der Waals surface area contributed by atoms with Crippen LogP contribution in [0.2, 0.25) is 0 Å². The van der Waals surface area contributed by atoms with E-state index in [1.165, 1.54) is 16.7 Å². The SMILES string of the molecule is Cc1ccccc1CN(C)CC(C)(N)c1ccccc1. The van der Waals surface area contributed by atoms with Gasteiger partial charge in [0.05, 0.1) is 5.54 Å². The van der Waals surface area contributed by atoms with Gasteiger partial charge in [-0.05, 0) is 37.6 Å². The number of nitrogens with two attached hydrogens (primary N) is 1. The molecule has 0 saturated carbocycles. The topological polar surface area (TPSA) is 29.3 Å². The Morgan fingerprint density at radius 3 is 2.25 bits per heavy atom. The van der Waals surface area contributed by atoms with E-state index in [0.717, 1.165) is 13.1 Å². The summed E-state index contributed by atoms with van der Waals surface area (Å²) in [5.74, 6) is 0. The Bertz CT molecular complexity index is 546. The lowest BCUT2D eigenvalue weighted by Crippen LogP contribution is -2.43. The third-order valence-electron chi connectivity index (χ3n) is 3.73. The maximum absolute atomic E-state index is 6.49. The lowest BCUT2D eigenvalue weighted by atomic mass is 9.92. The second kappa shape index (κ2) is 6.21. The van der Waals surface area contributed by atoms with Gasteiger partial charge in [-0.15, -0.1) is 0 Å². The molecule has 0 aliphatic carbocycles. The van der Waals surface area contributed by atoms with E-state index >= 15 is 0 Å². The van der Waals surface area contributed by atoms with E-state index in [9.17, 15) is 0 Å². The first kappa shape index (κ1) is 14.8. The van der Waals surface area contributed by atoms with Crippen LogP contribution < -0.4 is 5.73 Å². The molecule has 20 heavy (non-hydrogen) atoms. The average molecular weight is 268 g/mol. The third-order valence-corrected chi connectivity index (χ3v) is 3.73. The van der Waals surface area contributed by atoms with Crippen molar-refractivity contribution in [1.29, 1.82) is 0 Å². The molecule has 0 heterocycles. The maximum Gasteiger partial charge on any atom is 0.0509 e. The van der Waals surface area contributed by atoms with Gasteiger partial charge in [-0.2, -0.15) is 0 Å². The van der Waals surface area contributed by atoms with Gasteiger partial charge >= 0.3 is 0 Å². The quantitative estimate of drug-likeness (QED) is 0.901. The zero-order chi connectivity index (χ0) is 14.6. The highest BCUT2D eigenvalue weighted by Gasteiger charge is 2.22. The van der Waals surface area contributed by atoms with Crippen LogP contribution in [-0.4, -0.2) is 18.5 Å². The van der Waals surface area contributed by atoms with Crippen LogP contribution in [0.1, 0.15) is 23.6 Å². The van der Waals surface area contributed by atoms with Crippen LogP contribution in [0.25, 0.3) is 0 Å². The van der Waals surface area contributed by atoms with Crippen molar-refractivity contribution in [2.24, 2.45) is 5.73 Å². The molecular weight excluding hydrogens is 244 g/mol. The highest BCUT2D eigenvalue weighted by molar-refractivity contribution is 5.26. The van der Waals surface area contributed by atoms with Crippen LogP contribution in [0.15, 0.2) is 54.6 Å². The molecule has 2 nitrogen and oxygen atoms in total. The zero-order valence-corrected chi connectivity index (χ0v) is 12.6. The number of nitrogens with zero attached hydrogens (tertiary/aromatic N) is 1. The van der Waals surface area contributed by atoms with Gasteiger partial charge in [-0.1, -0.05) is 54.6 Å². The molecule has 0 aromatic heterocycles. The van der Waals surface area contributed by atoms with Gasteiger partial charge < -0.3 is 5.73 Å². The van der Waals surface area contributed by atoms with E-state index < -0.39 is 0 Å². The minimum absolute atomic E-state index is 0.335. The van der Waals surface area contributed by atoms with E-state index in [1.807, 2.05) is 18.2 Å². The number of rotatable bonds is 5. The molecule has 2 aromatic rings. The number of aryl methyl sites for hydroxylation is 1. The lowest BCUT2D eigenvalue weighted by Gasteiger charge is -2.31. The highest BCUT2D eigenvalue weighted by atomic mass is 15.1. The molecule has 2 heteroatoms. The third kappa shape index (κ3) is 3.69. The molecule has 1 atom stereocenters. The Balaban J connectivity index is 2.04. The molecule has 2 N–H and O–H groups in total. The van der Waals surface area contributed by atoms with E-state index in [-0.39, 0.29) is 5.54 Å². The van der Waals surface area contributed by atoms with Crippen molar-refractivity contribution in [3.63, 3.8) is 0 Å². The van der Waals surface area contributed by atoms with E-state index in [1.54, 1.807) is 0 Å². The van der Waals surface area contributed by atoms with Crippen LogP contribution in [0.4, 0.5) is 0 Å². The van der Waals surface area contributed by atoms with Gasteiger partial charge in [0.1, 0.15) is 0 Å². The Morgan fingerprint density at radius 1 is 1.00 bits per heavy atom. The minimum Gasteiger partial charge on any atom is -0.321 e. The largest absolute Gasteiger partial charge is 0.321 e. The first-order chi connectivity index (χ1) is 9.49. The first-order valence-corrected chi connectivity index (χ1v) is 7.06. The summed E-state index contributed by atoms with van der Waals surface area (Å²) in [6.07, 6.45) is 0. The molecule has 0 aliphatic heterocycles. The van der Waals surface area contributed by atoms with Crippen LogP contribution in [0.3, 0.4) is 0 Å². The number of hydrogen-bond donors (Lipinski definition) is 1. The van der Waals surface area contributed by atoms with Crippen molar-refractivity contribution in [3.8, 4) is 0 Å². The van der Waals surface area contributed by atoms with Crippen molar-refractivity contribution in [2.45, 2.75) is 25.9 Å². The van der Waals surface area contributed by atoms with Crippen molar-refractivity contribution in [3.05, 3.63) is 71.3 Å². The molecular formula is C18H24N2. The summed E-state index contributed by atoms with van der Waals surface area (Å²) >= 11 is 0. The monoisotopic (exact) mass is 268 g/mol. The standard InChI is InChI=1S/C18H24N2/c1-15-9-7-8-10-16(15)13-20(3)14-18(2,19)17-11-5-4-6-12-17/h4-12H,13-14,19H2,1-3H3. The lowest BCUT2D eigenvalue weighted by molar-refractivity contribution is 0.252. The van der Waals surface area contributed by atoms with Crippen LogP contribution >= 0.6 is 0 Å². The average Bonchev–Trinajstić information content (AvgIpc) is 2.42. The molecule has 0 amide bonds. The molecule has 0 bridgehead atoms. The van der Waals surface area contributed by atoms with E-state index in [4.69, 9.17) is 5.73 Å². The van der Waals surface area contributed by atoms with Gasteiger partial charge in [0.2, 0.25) is 0 Å². The molecule has 0 spiro atoms. The first-order valence-electron chi connectivity index (χ1n) is 7.06. The number of likely N-dealkylation sites (N-methyl/N-ethyl adjacent to an activating group) is 1. The summed E-state index contributed by atoms with van der Waals surface area (Å²) in [5, 5.41) is 0. The molecule has 0 fully saturated rings. The van der Waals surface area contributed by atoms with Gasteiger partial charge in [0.15, 0.2) is 0 Å². The summed E-state index contributed by atoms with van der Waals surface area (Å²) in [4.78, 5) is 2.29. The molecule has 2 aromatic carbocycles. The Labute approximate surface area is 122 Å². The Morgan fingerprint density at radius 2 is 1.60 bits per heavy atom. The predicted octanol–water partition coefficient (Wildman–Crippen LogP) is 3.30. The van der Waals surface area contributed by atoms with E-state index in [2.05, 4.69) is 62.2 Å². The van der Waals surface area contributed by atoms with Crippen molar-refractivity contribution in [2.75, 3.05) is 13.6 Å². The van der Waals surface area contributed by atoms with Gasteiger partial charge in [0, 0.05) is 13.1 Å². The number of benzene rings is 2. The van der Waals surface area contributed by atoms with Crippen LogP contribution in [-0.2, 0) is 12.1 Å². The van der Waals surface area contributed by atoms with E-state index in [0.29, 0.717) is 0 Å². The normalized spacial score (nSPS) is 14.2. The summed E-state index contributed by atoms with van der Waals surface area (Å²) in [6.45, 7) is 6.00. The Hall–Kier alpha value is -1.64. The van der Waals surface area contributed by atoms with Crippen molar-refractivity contribution in [1.82, 2.24) is 4.90 Å². The highest BCUT2D eigenvalue weighted by Crippen LogP contribution is 2.19. The van der Waals surface area contributed by atoms with Crippen molar-refractivity contribution >= 4 is 0 Å². The second-order valence-electron chi connectivity index (χ2n) is 5.88. The van der Waals surface area contributed by atoms with Crippen molar-refractivity contribution < 1.29 is 0 Å². The molecule has 1 unspecified atom stereocenters. The fourth-order valence-corrected chi connectivity index (χ4v) is 2.61. The summed E-state index contributed by atoms with van der Waals surface area (Å²) in [7, 11) is 2.13. The van der Waals surface area contributed by atoms with Crippen LogP contribution in [0.5, 0.6) is 0 Å². The number of hydrogen-bond acceptors (Lipinski definition) is 2. The fourth-order valence-electron chi connectivity index (χ4n) is 2.61. The molecule has 0 aliphatic rings. The summed E-state index contributed by atoms with van der Waals surface area (Å²) < 4.78 is 0. The van der Waals surface area contributed by atoms with Gasteiger partial charge in [-0.25, -0.2) is 0 Å². The second-order valence-corrected chi connectivity index (χ2v) is 5.88. The molecule has 2 rings (SSSR count). The van der Waals surface area contributed by atoms with Gasteiger partial charge in [0.25, 0.3) is 0 Å². The maximum atomic E-state index is 6.49. The molecule has 106 valence electrons. The molecule has 0 saturated heterocycles. The zero-order valence-electron chi connectivity index (χ0n) is 12.6. The fraction of sp³-hybridized carbons (Fsp3) is 0.333. The predicted molar refractivity (Wildman–Crippen MR) is 85.5 cm³/mol. The summed E-state index contributed by atoms with van der Waals surface area (Å²) in [5.41, 5.74) is 10.0. The molecule has 0 radical (unpaired) electrons. The Kier molecular flexibility index (Phi) is 4.58.